The van der Waals surface area contributed by atoms with Crippen molar-refractivity contribution < 1.29 is 19.1 Å². The summed E-state index contributed by atoms with van der Waals surface area (Å²) in [6, 6.07) is 13.8. The Morgan fingerprint density at radius 2 is 1.72 bits per heavy atom. The molecule has 6 nitrogen and oxygen atoms in total. The van der Waals surface area contributed by atoms with Gasteiger partial charge in [0.05, 0.1) is 12.6 Å². The number of benzene rings is 2. The molecule has 1 saturated heterocycles. The maximum atomic E-state index is 13.0. The highest BCUT2D eigenvalue weighted by molar-refractivity contribution is 5.98. The fraction of sp³-hybridized carbons (Fsp3) is 0.462. The highest BCUT2D eigenvalue weighted by Crippen LogP contribution is 2.32. The Balaban J connectivity index is 1.27. The number of amides is 1. The summed E-state index contributed by atoms with van der Waals surface area (Å²) in [5.74, 6) is 1.51. The van der Waals surface area contributed by atoms with Crippen LogP contribution in [-0.4, -0.2) is 49.4 Å². The number of aryl methyl sites for hydroxylation is 1. The van der Waals surface area contributed by atoms with Gasteiger partial charge in [-0.2, -0.15) is 0 Å². The van der Waals surface area contributed by atoms with Crippen LogP contribution < -0.4 is 14.8 Å². The standard InChI is InChI=1S/C26H32N2O4/c1-3-22(19-6-4-18(2)5-7-19)27-25(29)17-28-12-10-20(11-13-28)26(30)21-8-9-23-24(16-21)32-15-14-31-23/h4-9,16,20,22H,3,10-15,17H2,1-2H3,(H,27,29). The molecule has 0 aromatic heterocycles. The van der Waals surface area contributed by atoms with Crippen molar-refractivity contribution >= 4 is 11.7 Å². The summed E-state index contributed by atoms with van der Waals surface area (Å²) < 4.78 is 11.2. The zero-order valence-electron chi connectivity index (χ0n) is 18.9. The molecule has 32 heavy (non-hydrogen) atoms. The van der Waals surface area contributed by atoms with Crippen LogP contribution in [0.3, 0.4) is 0 Å². The van der Waals surface area contributed by atoms with E-state index in [9.17, 15) is 9.59 Å². The van der Waals surface area contributed by atoms with E-state index in [1.165, 1.54) is 5.56 Å². The molecule has 0 radical (unpaired) electrons. The summed E-state index contributed by atoms with van der Waals surface area (Å²) in [6.07, 6.45) is 2.37. The number of nitrogens with zero attached hydrogens (tertiary/aromatic N) is 1. The lowest BCUT2D eigenvalue weighted by atomic mass is 9.88. The first-order valence-corrected chi connectivity index (χ1v) is 11.6. The number of likely N-dealkylation sites (tertiary alicyclic amines) is 1. The van der Waals surface area contributed by atoms with Gasteiger partial charge in [-0.05, 0) is 63.0 Å². The van der Waals surface area contributed by atoms with Gasteiger partial charge in [0.2, 0.25) is 5.91 Å². The zero-order chi connectivity index (χ0) is 22.5. The number of carbonyl (C=O) groups excluding carboxylic acids is 2. The molecule has 1 N–H and O–H groups in total. The van der Waals surface area contributed by atoms with Gasteiger partial charge in [-0.25, -0.2) is 0 Å². The first-order chi connectivity index (χ1) is 15.5. The fourth-order valence-electron chi connectivity index (χ4n) is 4.45. The maximum Gasteiger partial charge on any atom is 0.234 e. The van der Waals surface area contributed by atoms with Gasteiger partial charge in [0.25, 0.3) is 0 Å². The third-order valence-electron chi connectivity index (χ3n) is 6.38. The molecule has 170 valence electrons. The van der Waals surface area contributed by atoms with Crippen LogP contribution in [0.15, 0.2) is 42.5 Å². The van der Waals surface area contributed by atoms with Gasteiger partial charge in [0, 0.05) is 11.5 Å². The normalized spacial score (nSPS) is 17.6. The number of nitrogens with one attached hydrogen (secondary N) is 1. The van der Waals surface area contributed by atoms with E-state index < -0.39 is 0 Å². The summed E-state index contributed by atoms with van der Waals surface area (Å²) in [5.41, 5.74) is 3.02. The molecule has 0 bridgehead atoms. The molecule has 0 saturated carbocycles. The molecule has 1 fully saturated rings. The molecule has 0 spiro atoms. The Morgan fingerprint density at radius 1 is 1.03 bits per heavy atom. The summed E-state index contributed by atoms with van der Waals surface area (Å²) in [7, 11) is 0. The summed E-state index contributed by atoms with van der Waals surface area (Å²) in [5, 5.41) is 3.17. The van der Waals surface area contributed by atoms with Gasteiger partial charge in [-0.1, -0.05) is 36.8 Å². The Bertz CT molecular complexity index is 949. The minimum Gasteiger partial charge on any atom is -0.486 e. The quantitative estimate of drug-likeness (QED) is 0.666. The molecular weight excluding hydrogens is 404 g/mol. The van der Waals surface area contributed by atoms with Gasteiger partial charge in [0.15, 0.2) is 17.3 Å². The number of carbonyl (C=O) groups is 2. The number of ketones is 1. The van der Waals surface area contributed by atoms with Gasteiger partial charge in [-0.15, -0.1) is 0 Å². The SMILES string of the molecule is CCC(NC(=O)CN1CCC(C(=O)c2ccc3c(c2)OCCO3)CC1)c1ccc(C)cc1. The van der Waals surface area contributed by atoms with Crippen molar-refractivity contribution in [3.05, 3.63) is 59.2 Å². The molecule has 2 aliphatic heterocycles. The van der Waals surface area contributed by atoms with Crippen molar-refractivity contribution in [2.45, 2.75) is 39.2 Å². The number of fused-ring (bicyclic) bond motifs is 1. The average Bonchev–Trinajstić information content (AvgIpc) is 2.83. The van der Waals surface area contributed by atoms with Crippen LogP contribution in [-0.2, 0) is 4.79 Å². The first-order valence-electron chi connectivity index (χ1n) is 11.6. The molecule has 1 amide bonds. The van der Waals surface area contributed by atoms with E-state index in [1.54, 1.807) is 6.07 Å². The third-order valence-corrected chi connectivity index (χ3v) is 6.38. The molecule has 4 rings (SSSR count). The number of ether oxygens (including phenoxy) is 2. The lowest BCUT2D eigenvalue weighted by Gasteiger charge is -2.31. The van der Waals surface area contributed by atoms with Crippen molar-refractivity contribution in [1.82, 2.24) is 10.2 Å². The number of hydrogen-bond acceptors (Lipinski definition) is 5. The Hall–Kier alpha value is -2.86. The van der Waals surface area contributed by atoms with Gasteiger partial charge >= 0.3 is 0 Å². The van der Waals surface area contributed by atoms with E-state index >= 15 is 0 Å². The fourth-order valence-corrected chi connectivity index (χ4v) is 4.45. The molecule has 2 heterocycles. The topological polar surface area (TPSA) is 67.9 Å². The minimum atomic E-state index is -0.0205. The molecule has 2 aromatic carbocycles. The second kappa shape index (κ2) is 10.2. The van der Waals surface area contributed by atoms with Crippen LogP contribution in [0.4, 0.5) is 0 Å². The molecule has 2 aliphatic rings. The Morgan fingerprint density at radius 3 is 2.41 bits per heavy atom. The molecule has 0 aliphatic carbocycles. The van der Waals surface area contributed by atoms with E-state index in [4.69, 9.17) is 9.47 Å². The lowest BCUT2D eigenvalue weighted by molar-refractivity contribution is -0.123. The van der Waals surface area contributed by atoms with Crippen molar-refractivity contribution in [2.24, 2.45) is 5.92 Å². The monoisotopic (exact) mass is 436 g/mol. The van der Waals surface area contributed by atoms with Crippen LogP contribution in [0.5, 0.6) is 11.5 Å². The smallest absolute Gasteiger partial charge is 0.234 e. The van der Waals surface area contributed by atoms with Crippen molar-refractivity contribution in [2.75, 3.05) is 32.8 Å². The Kier molecular flexibility index (Phi) is 7.10. The highest BCUT2D eigenvalue weighted by Gasteiger charge is 2.28. The average molecular weight is 437 g/mol. The highest BCUT2D eigenvalue weighted by atomic mass is 16.6. The predicted molar refractivity (Wildman–Crippen MR) is 123 cm³/mol. The number of Topliss-reactive ketones (excluding diaryl/α,β-unsaturated/α-hetero) is 1. The predicted octanol–water partition coefficient (Wildman–Crippen LogP) is 3.93. The molecule has 2 aromatic rings. The van der Waals surface area contributed by atoms with E-state index in [1.807, 2.05) is 12.1 Å². The van der Waals surface area contributed by atoms with Crippen LogP contribution in [0.25, 0.3) is 0 Å². The van der Waals surface area contributed by atoms with Crippen molar-refractivity contribution in [3.8, 4) is 11.5 Å². The molecule has 1 unspecified atom stereocenters. The molecule has 6 heteroatoms. The molecule has 1 atom stereocenters. The van der Waals surface area contributed by atoms with E-state index in [2.05, 4.69) is 48.3 Å². The second-order valence-electron chi connectivity index (χ2n) is 8.71. The van der Waals surface area contributed by atoms with Gasteiger partial charge in [-0.3, -0.25) is 14.5 Å². The van der Waals surface area contributed by atoms with E-state index in [-0.39, 0.29) is 23.7 Å². The largest absolute Gasteiger partial charge is 0.486 e. The number of rotatable bonds is 7. The van der Waals surface area contributed by atoms with Crippen molar-refractivity contribution in [1.29, 1.82) is 0 Å². The second-order valence-corrected chi connectivity index (χ2v) is 8.71. The zero-order valence-corrected chi connectivity index (χ0v) is 18.9. The van der Waals surface area contributed by atoms with E-state index in [0.717, 1.165) is 37.9 Å². The summed E-state index contributed by atoms with van der Waals surface area (Å²) >= 11 is 0. The Labute approximate surface area is 189 Å². The lowest BCUT2D eigenvalue weighted by Crippen LogP contribution is -2.43. The van der Waals surface area contributed by atoms with Crippen LogP contribution in [0.2, 0.25) is 0 Å². The number of piperidine rings is 1. The maximum absolute atomic E-state index is 13.0. The molecular formula is C26H32N2O4. The van der Waals surface area contributed by atoms with E-state index in [0.29, 0.717) is 36.8 Å². The summed E-state index contributed by atoms with van der Waals surface area (Å²) in [6.45, 7) is 7.05. The van der Waals surface area contributed by atoms with Crippen molar-refractivity contribution in [3.63, 3.8) is 0 Å². The van der Waals surface area contributed by atoms with Gasteiger partial charge in [0.1, 0.15) is 13.2 Å². The van der Waals surface area contributed by atoms with Crippen LogP contribution in [0, 0.1) is 12.8 Å². The summed E-state index contributed by atoms with van der Waals surface area (Å²) in [4.78, 5) is 27.8. The number of hydrogen-bond donors (Lipinski definition) is 1. The van der Waals surface area contributed by atoms with Gasteiger partial charge < -0.3 is 14.8 Å². The van der Waals surface area contributed by atoms with Crippen LogP contribution >= 0.6 is 0 Å². The first kappa shape index (κ1) is 22.3. The van der Waals surface area contributed by atoms with Crippen LogP contribution in [0.1, 0.15) is 53.7 Å². The third kappa shape index (κ3) is 5.30. The minimum absolute atomic E-state index is 0.0205.